The molecule has 6 rings (SSSR count). The van der Waals surface area contributed by atoms with Gasteiger partial charge in [0.05, 0.1) is 17.3 Å². The maximum absolute atomic E-state index is 5.64. The number of pyridine rings is 2. The van der Waals surface area contributed by atoms with Crippen molar-refractivity contribution in [2.75, 3.05) is 0 Å². The number of aromatic nitrogens is 3. The predicted octanol–water partition coefficient (Wildman–Crippen LogP) is 5.99. The van der Waals surface area contributed by atoms with Crippen LogP contribution < -0.4 is 0 Å². The topological polar surface area (TPSA) is 43.9 Å². The molecule has 28 heavy (non-hydrogen) atoms. The smallest absolute Gasteiger partial charge is 0.138 e. The fourth-order valence-corrected chi connectivity index (χ4v) is 3.92. The Balaban J connectivity index is 1.69. The van der Waals surface area contributed by atoms with Gasteiger partial charge in [0.25, 0.3) is 0 Å². The first-order valence-corrected chi connectivity index (χ1v) is 9.16. The molecule has 0 aliphatic heterocycles. The van der Waals surface area contributed by atoms with Crippen molar-refractivity contribution in [3.05, 3.63) is 91.6 Å². The second-order valence-corrected chi connectivity index (χ2v) is 6.82. The van der Waals surface area contributed by atoms with Crippen molar-refractivity contribution in [2.24, 2.45) is 0 Å². The molecule has 0 saturated heterocycles. The summed E-state index contributed by atoms with van der Waals surface area (Å²) >= 11 is 0. The third kappa shape index (κ3) is 2.18. The molecule has 0 aliphatic rings. The molecule has 0 fully saturated rings. The predicted molar refractivity (Wildman–Crippen MR) is 112 cm³/mol. The lowest BCUT2D eigenvalue weighted by molar-refractivity contribution is 0.616. The number of rotatable bonds is 2. The Labute approximate surface area is 160 Å². The van der Waals surface area contributed by atoms with E-state index in [0.717, 1.165) is 44.3 Å². The van der Waals surface area contributed by atoms with E-state index < -0.39 is 0 Å². The van der Waals surface area contributed by atoms with Gasteiger partial charge < -0.3 is 4.42 Å². The van der Waals surface area contributed by atoms with Crippen molar-refractivity contribution < 1.29 is 4.42 Å². The van der Waals surface area contributed by atoms with Gasteiger partial charge in [0.1, 0.15) is 11.4 Å². The average molecular weight is 361 g/mol. The molecule has 0 spiro atoms. The molecular formula is C24H15N3O. The minimum absolute atomic E-state index is 0.885. The normalized spacial score (nSPS) is 11.6. The highest BCUT2D eigenvalue weighted by Crippen LogP contribution is 2.35. The van der Waals surface area contributed by atoms with Crippen molar-refractivity contribution in [2.45, 2.75) is 0 Å². The van der Waals surface area contributed by atoms with Gasteiger partial charge in [-0.25, -0.2) is 4.98 Å². The summed E-state index contributed by atoms with van der Waals surface area (Å²) in [6.45, 7) is 0. The van der Waals surface area contributed by atoms with Crippen LogP contribution in [0.4, 0.5) is 0 Å². The minimum Gasteiger partial charge on any atom is -0.464 e. The maximum Gasteiger partial charge on any atom is 0.138 e. The summed E-state index contributed by atoms with van der Waals surface area (Å²) in [7, 11) is 0. The third-order valence-electron chi connectivity index (χ3n) is 5.22. The molecule has 0 bridgehead atoms. The van der Waals surface area contributed by atoms with Gasteiger partial charge >= 0.3 is 0 Å². The molecule has 132 valence electrons. The molecule has 0 radical (unpaired) electrons. The molecular weight excluding hydrogens is 346 g/mol. The number of nitrogens with zero attached hydrogens (tertiary/aromatic N) is 3. The number of furan rings is 1. The molecule has 4 nitrogen and oxygen atoms in total. The van der Waals surface area contributed by atoms with Gasteiger partial charge in [0.2, 0.25) is 0 Å². The van der Waals surface area contributed by atoms with Crippen LogP contribution >= 0.6 is 0 Å². The Morgan fingerprint density at radius 1 is 0.750 bits per heavy atom. The van der Waals surface area contributed by atoms with E-state index in [1.54, 1.807) is 12.5 Å². The first kappa shape index (κ1) is 15.2. The van der Waals surface area contributed by atoms with E-state index in [0.29, 0.717) is 0 Å². The van der Waals surface area contributed by atoms with Gasteiger partial charge in [-0.05, 0) is 48.0 Å². The number of para-hydroxylation sites is 1. The Morgan fingerprint density at radius 3 is 2.64 bits per heavy atom. The highest BCUT2D eigenvalue weighted by Gasteiger charge is 2.15. The standard InChI is InChI=1S/C24H15N3O/c1-2-6-21-19(5-1)20-14-23-17(8-11-28-23)12-22(20)27(21)24-13-16(7-10-26-24)18-4-3-9-25-15-18/h1-15H. The fourth-order valence-electron chi connectivity index (χ4n) is 3.92. The van der Waals surface area contributed by atoms with Gasteiger partial charge in [-0.1, -0.05) is 24.3 Å². The molecule has 4 heteroatoms. The van der Waals surface area contributed by atoms with Crippen molar-refractivity contribution in [1.82, 2.24) is 14.5 Å². The number of hydrogen-bond donors (Lipinski definition) is 0. The maximum atomic E-state index is 5.64. The van der Waals surface area contributed by atoms with Crippen LogP contribution in [-0.2, 0) is 0 Å². The Hall–Kier alpha value is -3.92. The number of hydrogen-bond acceptors (Lipinski definition) is 3. The molecule has 0 aliphatic carbocycles. The van der Waals surface area contributed by atoms with Crippen LogP contribution in [0, 0.1) is 0 Å². The molecule has 4 heterocycles. The Bertz CT molecular complexity index is 1460. The van der Waals surface area contributed by atoms with Crippen LogP contribution in [0.2, 0.25) is 0 Å². The van der Waals surface area contributed by atoms with E-state index in [1.165, 1.54) is 5.39 Å². The lowest BCUT2D eigenvalue weighted by Crippen LogP contribution is -1.97. The third-order valence-corrected chi connectivity index (χ3v) is 5.22. The number of benzene rings is 2. The molecule has 0 atom stereocenters. The highest BCUT2D eigenvalue weighted by molar-refractivity contribution is 6.12. The van der Waals surface area contributed by atoms with E-state index in [2.05, 4.69) is 58.1 Å². The molecule has 4 aromatic heterocycles. The molecule has 0 unspecified atom stereocenters. The van der Waals surface area contributed by atoms with E-state index in [9.17, 15) is 0 Å². The summed E-state index contributed by atoms with van der Waals surface area (Å²) in [4.78, 5) is 8.94. The fraction of sp³-hybridized carbons (Fsp3) is 0. The van der Waals surface area contributed by atoms with Crippen LogP contribution in [-0.4, -0.2) is 14.5 Å². The Kier molecular flexibility index (Phi) is 3.14. The summed E-state index contributed by atoms with van der Waals surface area (Å²) in [6.07, 6.45) is 7.25. The monoisotopic (exact) mass is 361 g/mol. The second kappa shape index (κ2) is 5.79. The van der Waals surface area contributed by atoms with Gasteiger partial charge in [-0.2, -0.15) is 0 Å². The van der Waals surface area contributed by atoms with Gasteiger partial charge in [0.15, 0.2) is 0 Å². The number of fused-ring (bicyclic) bond motifs is 4. The van der Waals surface area contributed by atoms with Crippen LogP contribution in [0.25, 0.3) is 49.7 Å². The average Bonchev–Trinajstić information content (AvgIpc) is 3.34. The van der Waals surface area contributed by atoms with E-state index in [1.807, 2.05) is 30.6 Å². The van der Waals surface area contributed by atoms with Gasteiger partial charge in [-0.3, -0.25) is 9.55 Å². The van der Waals surface area contributed by atoms with Gasteiger partial charge in [0, 0.05) is 40.3 Å². The van der Waals surface area contributed by atoms with Crippen LogP contribution in [0.1, 0.15) is 0 Å². The highest BCUT2D eigenvalue weighted by atomic mass is 16.3. The van der Waals surface area contributed by atoms with Crippen LogP contribution in [0.3, 0.4) is 0 Å². The van der Waals surface area contributed by atoms with E-state index >= 15 is 0 Å². The summed E-state index contributed by atoms with van der Waals surface area (Å²) in [5.74, 6) is 0.885. The molecule has 2 aromatic carbocycles. The summed E-state index contributed by atoms with van der Waals surface area (Å²) in [5, 5.41) is 3.43. The zero-order chi connectivity index (χ0) is 18.5. The molecule has 0 saturated carbocycles. The first-order chi connectivity index (χ1) is 13.9. The van der Waals surface area contributed by atoms with E-state index in [-0.39, 0.29) is 0 Å². The molecule has 6 aromatic rings. The van der Waals surface area contributed by atoms with Gasteiger partial charge in [-0.15, -0.1) is 0 Å². The van der Waals surface area contributed by atoms with Crippen molar-refractivity contribution in [3.63, 3.8) is 0 Å². The molecule has 0 N–H and O–H groups in total. The van der Waals surface area contributed by atoms with Crippen LogP contribution in [0.15, 0.2) is 96.0 Å². The van der Waals surface area contributed by atoms with Crippen LogP contribution in [0.5, 0.6) is 0 Å². The lowest BCUT2D eigenvalue weighted by atomic mass is 10.1. The minimum atomic E-state index is 0.885. The summed E-state index contributed by atoms with van der Waals surface area (Å²) in [5.41, 5.74) is 5.30. The zero-order valence-electron chi connectivity index (χ0n) is 14.9. The quantitative estimate of drug-likeness (QED) is 0.381. The largest absolute Gasteiger partial charge is 0.464 e. The van der Waals surface area contributed by atoms with Crippen molar-refractivity contribution in [3.8, 4) is 16.9 Å². The van der Waals surface area contributed by atoms with E-state index in [4.69, 9.17) is 9.40 Å². The van der Waals surface area contributed by atoms with Crippen molar-refractivity contribution >= 4 is 32.8 Å². The zero-order valence-corrected chi connectivity index (χ0v) is 14.9. The SMILES string of the molecule is c1cncc(-c2ccnc(-n3c4ccccc4c4cc5occc5cc43)c2)c1. The first-order valence-electron chi connectivity index (χ1n) is 9.16. The van der Waals surface area contributed by atoms with Crippen molar-refractivity contribution in [1.29, 1.82) is 0 Å². The second-order valence-electron chi connectivity index (χ2n) is 6.82. The lowest BCUT2D eigenvalue weighted by Gasteiger charge is -2.09. The Morgan fingerprint density at radius 2 is 1.71 bits per heavy atom. The summed E-state index contributed by atoms with van der Waals surface area (Å²) < 4.78 is 7.85. The molecule has 0 amide bonds. The summed E-state index contributed by atoms with van der Waals surface area (Å²) in [6, 6.07) is 22.8.